The number of rotatable bonds is 1. The van der Waals surface area contributed by atoms with Crippen molar-refractivity contribution in [1.82, 2.24) is 0 Å². The van der Waals surface area contributed by atoms with E-state index in [2.05, 4.69) is 10.1 Å². The van der Waals surface area contributed by atoms with E-state index in [-0.39, 0.29) is 62.8 Å². The molecular formula is C8H6BF5KNO. The van der Waals surface area contributed by atoms with Crippen molar-refractivity contribution in [3.63, 3.8) is 0 Å². The molecule has 9 heteroatoms. The molecule has 88 valence electrons. The van der Waals surface area contributed by atoms with Gasteiger partial charge in [0.2, 0.25) is 0 Å². The fourth-order valence-electron chi connectivity index (χ4n) is 1.37. The second kappa shape index (κ2) is 5.04. The smallest absolute Gasteiger partial charge is 0.445 e. The number of anilines is 1. The van der Waals surface area contributed by atoms with E-state index in [0.717, 1.165) is 18.2 Å². The number of halogens is 5. The largest absolute Gasteiger partial charge is 1.00 e. The maximum Gasteiger partial charge on any atom is 1.00 e. The van der Waals surface area contributed by atoms with Crippen molar-refractivity contribution in [2.75, 3.05) is 11.9 Å². The number of benzene rings is 1. The maximum atomic E-state index is 12.7. The Morgan fingerprint density at radius 2 is 1.88 bits per heavy atom. The van der Waals surface area contributed by atoms with Crippen molar-refractivity contribution in [1.29, 1.82) is 0 Å². The van der Waals surface area contributed by atoms with Gasteiger partial charge in [-0.15, -0.1) is 5.46 Å². The summed E-state index contributed by atoms with van der Waals surface area (Å²) in [6.45, 7) is -5.98. The van der Waals surface area contributed by atoms with Gasteiger partial charge in [0.05, 0.1) is 5.69 Å². The van der Waals surface area contributed by atoms with E-state index in [0.29, 0.717) is 0 Å². The van der Waals surface area contributed by atoms with Crippen LogP contribution >= 0.6 is 0 Å². The standard InChI is InChI=1S/C8H6BF5NO.K/c10-8(11)4-15-6-3-5(9(12,13)14)1-2-7(6)16-8;/h1-3,15H,4H2;/q-1;+1. The number of hydrogen-bond donors (Lipinski definition) is 1. The summed E-state index contributed by atoms with van der Waals surface area (Å²) < 4.78 is 66.7. The minimum atomic E-state index is -5.14. The minimum Gasteiger partial charge on any atom is -0.445 e. The van der Waals surface area contributed by atoms with Crippen LogP contribution in [0.4, 0.5) is 27.4 Å². The zero-order chi connectivity index (χ0) is 12.0. The number of nitrogens with one attached hydrogen (secondary N) is 1. The number of ether oxygens (including phenoxy) is 1. The predicted molar refractivity (Wildman–Crippen MR) is 49.2 cm³/mol. The molecule has 2 nitrogen and oxygen atoms in total. The minimum absolute atomic E-state index is 0. The molecule has 0 unspecified atom stereocenters. The van der Waals surface area contributed by atoms with Crippen molar-refractivity contribution >= 4 is 18.1 Å². The number of alkyl halides is 2. The molecular weight excluding hydrogens is 271 g/mol. The summed E-state index contributed by atoms with van der Waals surface area (Å²) in [4.78, 5) is 0. The molecule has 0 saturated carbocycles. The molecule has 0 amide bonds. The van der Waals surface area contributed by atoms with Crippen LogP contribution in [0.1, 0.15) is 0 Å². The average molecular weight is 277 g/mol. The summed E-state index contributed by atoms with van der Waals surface area (Å²) >= 11 is 0. The van der Waals surface area contributed by atoms with Crippen LogP contribution in [0.25, 0.3) is 0 Å². The first kappa shape index (κ1) is 15.2. The molecule has 1 N–H and O–H groups in total. The van der Waals surface area contributed by atoms with Crippen LogP contribution in [-0.4, -0.2) is 19.6 Å². The van der Waals surface area contributed by atoms with Gasteiger partial charge < -0.3 is 23.0 Å². The molecule has 17 heavy (non-hydrogen) atoms. The van der Waals surface area contributed by atoms with Gasteiger partial charge in [-0.25, -0.2) is 0 Å². The Balaban J connectivity index is 0.00000144. The van der Waals surface area contributed by atoms with Gasteiger partial charge in [0.1, 0.15) is 12.3 Å². The average Bonchev–Trinajstić information content (AvgIpc) is 2.14. The fourth-order valence-corrected chi connectivity index (χ4v) is 1.37. The van der Waals surface area contributed by atoms with Gasteiger partial charge in [0.25, 0.3) is 0 Å². The van der Waals surface area contributed by atoms with Crippen LogP contribution in [-0.2, 0) is 0 Å². The molecule has 1 aromatic carbocycles. The Hall–Kier alpha value is 0.171. The SMILES string of the molecule is F[B-](F)(F)c1ccc2c(c1)NCC(F)(F)O2.[K+]. The summed E-state index contributed by atoms with van der Waals surface area (Å²) in [5.74, 6) is -0.278. The van der Waals surface area contributed by atoms with Crippen molar-refractivity contribution in [3.05, 3.63) is 18.2 Å². The van der Waals surface area contributed by atoms with E-state index in [1.165, 1.54) is 0 Å². The van der Waals surface area contributed by atoms with Gasteiger partial charge in [-0.05, 0) is 6.07 Å². The van der Waals surface area contributed by atoms with Crippen LogP contribution in [0.5, 0.6) is 5.75 Å². The van der Waals surface area contributed by atoms with Crippen molar-refractivity contribution < 1.29 is 77.8 Å². The van der Waals surface area contributed by atoms with Gasteiger partial charge in [-0.3, -0.25) is 0 Å². The third kappa shape index (κ3) is 3.57. The van der Waals surface area contributed by atoms with Crippen molar-refractivity contribution in [3.8, 4) is 5.75 Å². The molecule has 0 spiro atoms. The van der Waals surface area contributed by atoms with E-state index in [1.54, 1.807) is 0 Å². The molecule has 0 fully saturated rings. The summed E-state index contributed by atoms with van der Waals surface area (Å²) in [5, 5.41) is 2.20. The van der Waals surface area contributed by atoms with Crippen LogP contribution in [0, 0.1) is 0 Å². The second-order valence-corrected chi connectivity index (χ2v) is 3.42. The Bertz CT molecular complexity index is 425. The third-order valence-electron chi connectivity index (χ3n) is 2.13. The molecule has 2 rings (SSSR count). The van der Waals surface area contributed by atoms with Crippen LogP contribution in [0.2, 0.25) is 0 Å². The van der Waals surface area contributed by atoms with E-state index >= 15 is 0 Å². The zero-order valence-corrected chi connectivity index (χ0v) is 11.9. The second-order valence-electron chi connectivity index (χ2n) is 3.42. The molecule has 0 radical (unpaired) electrons. The molecule has 0 aromatic heterocycles. The van der Waals surface area contributed by atoms with Crippen LogP contribution in [0.15, 0.2) is 18.2 Å². The fraction of sp³-hybridized carbons (Fsp3) is 0.250. The molecule has 0 saturated heterocycles. The molecule has 1 aromatic rings. The van der Waals surface area contributed by atoms with Gasteiger partial charge in [0, 0.05) is 0 Å². The topological polar surface area (TPSA) is 21.3 Å². The first-order chi connectivity index (χ1) is 7.28. The van der Waals surface area contributed by atoms with E-state index in [9.17, 15) is 21.7 Å². The van der Waals surface area contributed by atoms with E-state index < -0.39 is 25.1 Å². The third-order valence-corrected chi connectivity index (χ3v) is 2.13. The van der Waals surface area contributed by atoms with Gasteiger partial charge in [-0.2, -0.15) is 8.78 Å². The quantitative estimate of drug-likeness (QED) is 0.533. The molecule has 1 aliphatic rings. The van der Waals surface area contributed by atoms with E-state index in [4.69, 9.17) is 0 Å². The normalized spacial score (nSPS) is 17.2. The van der Waals surface area contributed by atoms with Crippen molar-refractivity contribution in [2.45, 2.75) is 6.11 Å². The van der Waals surface area contributed by atoms with Gasteiger partial charge in [0.15, 0.2) is 0 Å². The molecule has 0 atom stereocenters. The van der Waals surface area contributed by atoms with E-state index in [1.807, 2.05) is 0 Å². The van der Waals surface area contributed by atoms with Crippen molar-refractivity contribution in [2.24, 2.45) is 0 Å². The monoisotopic (exact) mass is 277 g/mol. The predicted octanol–water partition coefficient (Wildman–Crippen LogP) is -0.858. The van der Waals surface area contributed by atoms with Crippen LogP contribution in [0.3, 0.4) is 0 Å². The first-order valence-corrected chi connectivity index (χ1v) is 4.42. The summed E-state index contributed by atoms with van der Waals surface area (Å²) in [6, 6.07) is 2.38. The molecule has 1 aliphatic heterocycles. The zero-order valence-electron chi connectivity index (χ0n) is 8.81. The Kier molecular flexibility index (Phi) is 4.52. The summed E-state index contributed by atoms with van der Waals surface area (Å²) in [7, 11) is 0. The van der Waals surface area contributed by atoms with Gasteiger partial charge in [-0.1, -0.05) is 12.1 Å². The van der Waals surface area contributed by atoms with Gasteiger partial charge >= 0.3 is 64.5 Å². The number of fused-ring (bicyclic) bond motifs is 1. The molecule has 0 bridgehead atoms. The summed E-state index contributed by atoms with van der Waals surface area (Å²) in [5.41, 5.74) is -0.914. The first-order valence-electron chi connectivity index (χ1n) is 4.42. The van der Waals surface area contributed by atoms with Crippen LogP contribution < -0.4 is 66.9 Å². The number of hydrogen-bond acceptors (Lipinski definition) is 2. The Labute approximate surface area is 136 Å². The Morgan fingerprint density at radius 3 is 2.47 bits per heavy atom. The Morgan fingerprint density at radius 1 is 1.24 bits per heavy atom. The molecule has 0 aliphatic carbocycles. The summed E-state index contributed by atoms with van der Waals surface area (Å²) in [6.07, 6.45) is -3.39. The molecule has 1 heterocycles. The maximum absolute atomic E-state index is 12.7.